The quantitative estimate of drug-likeness (QED) is 0.860. The van der Waals surface area contributed by atoms with E-state index in [0.29, 0.717) is 17.2 Å². The summed E-state index contributed by atoms with van der Waals surface area (Å²) in [7, 11) is 3.24. The fraction of sp³-hybridized carbons (Fsp3) is 0.333. The zero-order chi connectivity index (χ0) is 13.8. The van der Waals surface area contributed by atoms with Crippen LogP contribution in [-0.2, 0) is 6.54 Å². The molecule has 0 bridgehead atoms. The molecule has 2 aromatic rings. The van der Waals surface area contributed by atoms with Crippen molar-refractivity contribution in [3.8, 4) is 6.01 Å². The molecule has 2 rings (SSSR count). The number of aromatic nitrogens is 4. The van der Waals surface area contributed by atoms with Gasteiger partial charge in [-0.25, -0.2) is 9.97 Å². The van der Waals surface area contributed by atoms with Gasteiger partial charge in [0.15, 0.2) is 0 Å². The van der Waals surface area contributed by atoms with Gasteiger partial charge in [-0.05, 0) is 6.92 Å². The SMILES string of the molecule is CNc1cnc(Cn2c(OC)nc(C)cc2=O)cn1. The molecule has 19 heavy (non-hydrogen) atoms. The molecule has 0 spiro atoms. The van der Waals surface area contributed by atoms with E-state index in [4.69, 9.17) is 4.74 Å². The van der Waals surface area contributed by atoms with Crippen LogP contribution in [0.25, 0.3) is 0 Å². The number of aryl methyl sites for hydroxylation is 1. The van der Waals surface area contributed by atoms with Crippen LogP contribution >= 0.6 is 0 Å². The largest absolute Gasteiger partial charge is 0.468 e. The Balaban J connectivity index is 2.34. The monoisotopic (exact) mass is 261 g/mol. The summed E-state index contributed by atoms with van der Waals surface area (Å²) in [6.45, 7) is 2.02. The normalized spacial score (nSPS) is 10.3. The van der Waals surface area contributed by atoms with Crippen molar-refractivity contribution in [2.45, 2.75) is 13.5 Å². The fourth-order valence-corrected chi connectivity index (χ4v) is 1.62. The molecule has 0 aliphatic carbocycles. The number of ether oxygens (including phenoxy) is 1. The Labute approximate surface area is 110 Å². The third-order valence-corrected chi connectivity index (χ3v) is 2.57. The number of anilines is 1. The van der Waals surface area contributed by atoms with Crippen molar-refractivity contribution in [3.63, 3.8) is 0 Å². The number of nitrogens with zero attached hydrogens (tertiary/aromatic N) is 4. The highest BCUT2D eigenvalue weighted by Crippen LogP contribution is 2.07. The number of methoxy groups -OCH3 is 1. The van der Waals surface area contributed by atoms with Crippen LogP contribution in [-0.4, -0.2) is 33.7 Å². The maximum atomic E-state index is 11.9. The third kappa shape index (κ3) is 2.87. The van der Waals surface area contributed by atoms with Crippen LogP contribution in [0.15, 0.2) is 23.3 Å². The van der Waals surface area contributed by atoms with Gasteiger partial charge in [0, 0.05) is 18.8 Å². The summed E-state index contributed by atoms with van der Waals surface area (Å²) >= 11 is 0. The molecule has 0 aliphatic heterocycles. The molecule has 7 nitrogen and oxygen atoms in total. The smallest absolute Gasteiger partial charge is 0.299 e. The zero-order valence-electron chi connectivity index (χ0n) is 11.0. The number of hydrogen-bond acceptors (Lipinski definition) is 6. The molecule has 0 amide bonds. The minimum Gasteiger partial charge on any atom is -0.468 e. The van der Waals surface area contributed by atoms with Crippen molar-refractivity contribution in [2.75, 3.05) is 19.5 Å². The van der Waals surface area contributed by atoms with E-state index in [1.54, 1.807) is 26.4 Å². The second kappa shape index (κ2) is 5.47. The van der Waals surface area contributed by atoms with Crippen LogP contribution in [0.2, 0.25) is 0 Å². The molecule has 2 heterocycles. The lowest BCUT2D eigenvalue weighted by Gasteiger charge is -2.10. The summed E-state index contributed by atoms with van der Waals surface area (Å²) in [4.78, 5) is 24.5. The van der Waals surface area contributed by atoms with Gasteiger partial charge in [0.05, 0.1) is 31.7 Å². The van der Waals surface area contributed by atoms with Gasteiger partial charge >= 0.3 is 0 Å². The van der Waals surface area contributed by atoms with Crippen LogP contribution in [0.5, 0.6) is 6.01 Å². The van der Waals surface area contributed by atoms with E-state index in [-0.39, 0.29) is 18.1 Å². The Hall–Kier alpha value is -2.44. The predicted molar refractivity (Wildman–Crippen MR) is 70.5 cm³/mol. The average Bonchev–Trinajstić information content (AvgIpc) is 2.42. The molecule has 0 saturated carbocycles. The first kappa shape index (κ1) is 13.0. The highest BCUT2D eigenvalue weighted by Gasteiger charge is 2.09. The highest BCUT2D eigenvalue weighted by molar-refractivity contribution is 5.29. The highest BCUT2D eigenvalue weighted by atomic mass is 16.5. The minimum absolute atomic E-state index is 0.177. The lowest BCUT2D eigenvalue weighted by molar-refractivity contribution is 0.349. The Bertz CT molecular complexity index is 621. The number of rotatable bonds is 4. The van der Waals surface area contributed by atoms with E-state index in [2.05, 4.69) is 20.3 Å². The molecule has 0 atom stereocenters. The van der Waals surface area contributed by atoms with Gasteiger partial charge in [-0.15, -0.1) is 0 Å². The topological polar surface area (TPSA) is 81.9 Å². The van der Waals surface area contributed by atoms with Gasteiger partial charge in [-0.3, -0.25) is 14.3 Å². The lowest BCUT2D eigenvalue weighted by Crippen LogP contribution is -2.23. The summed E-state index contributed by atoms with van der Waals surface area (Å²) in [5.74, 6) is 0.671. The maximum absolute atomic E-state index is 11.9. The standard InChI is InChI=1S/C12H15N5O2/c1-8-4-11(18)17(12(16-8)19-3)7-9-5-15-10(13-2)6-14-9/h4-6H,7H2,1-3H3,(H,13,15). The van der Waals surface area contributed by atoms with Crippen LogP contribution in [0.4, 0.5) is 5.82 Å². The van der Waals surface area contributed by atoms with Crippen LogP contribution < -0.4 is 15.6 Å². The van der Waals surface area contributed by atoms with Crippen LogP contribution in [0.1, 0.15) is 11.4 Å². The van der Waals surface area contributed by atoms with Gasteiger partial charge in [-0.1, -0.05) is 0 Å². The average molecular weight is 261 g/mol. The van der Waals surface area contributed by atoms with E-state index in [0.717, 1.165) is 0 Å². The minimum atomic E-state index is -0.177. The Kier molecular flexibility index (Phi) is 3.74. The van der Waals surface area contributed by atoms with Crippen molar-refractivity contribution in [2.24, 2.45) is 0 Å². The fourth-order valence-electron chi connectivity index (χ4n) is 1.62. The van der Waals surface area contributed by atoms with Crippen molar-refractivity contribution in [1.82, 2.24) is 19.5 Å². The van der Waals surface area contributed by atoms with E-state index in [9.17, 15) is 4.79 Å². The van der Waals surface area contributed by atoms with Gasteiger partial charge in [0.2, 0.25) is 0 Å². The summed E-state index contributed by atoms with van der Waals surface area (Å²) in [5.41, 5.74) is 1.10. The molecular weight excluding hydrogens is 246 g/mol. The number of hydrogen-bond donors (Lipinski definition) is 1. The molecule has 0 fully saturated rings. The molecular formula is C12H15N5O2. The van der Waals surface area contributed by atoms with E-state index < -0.39 is 0 Å². The van der Waals surface area contributed by atoms with Gasteiger partial charge in [0.25, 0.3) is 11.6 Å². The van der Waals surface area contributed by atoms with E-state index in [1.165, 1.54) is 17.7 Å². The Morgan fingerprint density at radius 1 is 1.37 bits per heavy atom. The molecule has 7 heteroatoms. The van der Waals surface area contributed by atoms with Crippen molar-refractivity contribution >= 4 is 5.82 Å². The molecule has 0 radical (unpaired) electrons. The third-order valence-electron chi connectivity index (χ3n) is 2.57. The Morgan fingerprint density at radius 2 is 2.16 bits per heavy atom. The first-order valence-electron chi connectivity index (χ1n) is 5.75. The van der Waals surface area contributed by atoms with Crippen molar-refractivity contribution in [1.29, 1.82) is 0 Å². The maximum Gasteiger partial charge on any atom is 0.299 e. The lowest BCUT2D eigenvalue weighted by atomic mass is 10.4. The molecule has 2 aromatic heterocycles. The van der Waals surface area contributed by atoms with Crippen LogP contribution in [0.3, 0.4) is 0 Å². The Morgan fingerprint density at radius 3 is 2.74 bits per heavy atom. The summed E-state index contributed by atoms with van der Waals surface area (Å²) in [6, 6.07) is 1.72. The second-order valence-electron chi connectivity index (χ2n) is 3.95. The molecule has 1 N–H and O–H groups in total. The second-order valence-corrected chi connectivity index (χ2v) is 3.95. The van der Waals surface area contributed by atoms with Crippen molar-refractivity contribution in [3.05, 3.63) is 40.2 Å². The molecule has 0 aromatic carbocycles. The molecule has 0 unspecified atom stereocenters. The molecule has 0 aliphatic rings. The number of nitrogens with one attached hydrogen (secondary N) is 1. The predicted octanol–water partition coefficient (Wildman–Crippen LogP) is 0.440. The first-order valence-corrected chi connectivity index (χ1v) is 5.75. The molecule has 0 saturated heterocycles. The van der Waals surface area contributed by atoms with Gasteiger partial charge in [0.1, 0.15) is 5.82 Å². The zero-order valence-corrected chi connectivity index (χ0v) is 11.0. The van der Waals surface area contributed by atoms with Gasteiger partial charge < -0.3 is 10.1 Å². The van der Waals surface area contributed by atoms with Crippen molar-refractivity contribution < 1.29 is 4.74 Å². The molecule has 100 valence electrons. The first-order chi connectivity index (χ1) is 9.13. The van der Waals surface area contributed by atoms with E-state index in [1.807, 2.05) is 0 Å². The van der Waals surface area contributed by atoms with Gasteiger partial charge in [-0.2, -0.15) is 0 Å². The summed E-state index contributed by atoms with van der Waals surface area (Å²) < 4.78 is 6.53. The summed E-state index contributed by atoms with van der Waals surface area (Å²) in [6.07, 6.45) is 3.21. The van der Waals surface area contributed by atoms with E-state index >= 15 is 0 Å². The van der Waals surface area contributed by atoms with Crippen LogP contribution in [0, 0.1) is 6.92 Å². The summed E-state index contributed by atoms with van der Waals surface area (Å²) in [5, 5.41) is 2.88.